The Kier molecular flexibility index (Phi) is 10.2. The lowest BCUT2D eigenvalue weighted by atomic mass is 9.70. The number of aliphatic hydroxyl groups excluding tert-OH is 1. The third kappa shape index (κ3) is 6.14. The first-order valence-electron chi connectivity index (χ1n) is 17.1. The molecule has 3 fully saturated rings. The predicted molar refractivity (Wildman–Crippen MR) is 191 cm³/mol. The maximum absolute atomic E-state index is 15.0. The number of hydrogen-bond donors (Lipinski definition) is 1. The zero-order chi connectivity index (χ0) is 34.9. The molecule has 0 aliphatic carbocycles. The van der Waals surface area contributed by atoms with Gasteiger partial charge < -0.3 is 24.5 Å². The third-order valence-electron chi connectivity index (χ3n) is 10.0. The number of carbonyl (C=O) groups is 3. The molecule has 1 aromatic heterocycles. The highest BCUT2D eigenvalue weighted by molar-refractivity contribution is 8.02. The second kappa shape index (κ2) is 14.4. The molecule has 12 heteroatoms. The Balaban J connectivity index is 1.39. The molecular formula is C37H46N6O5S. The number of aliphatic hydroxyl groups is 1. The molecule has 3 aliphatic heterocycles. The first-order chi connectivity index (χ1) is 23.7. The van der Waals surface area contributed by atoms with Gasteiger partial charge in [-0.1, -0.05) is 43.3 Å². The van der Waals surface area contributed by atoms with Gasteiger partial charge in [-0.2, -0.15) is 0 Å². The van der Waals surface area contributed by atoms with Crippen LogP contribution in [0.4, 0.5) is 5.69 Å². The van der Waals surface area contributed by atoms with Gasteiger partial charge in [-0.15, -0.1) is 30.0 Å². The number of nitrogens with zero attached hydrogens (tertiary/aromatic N) is 6. The Bertz CT molecular complexity index is 1710. The second-order valence-electron chi connectivity index (χ2n) is 13.5. The lowest BCUT2D eigenvalue weighted by Gasteiger charge is -2.40. The number of hydrogen-bond acceptors (Lipinski definition) is 8. The smallest absolute Gasteiger partial charge is 0.248 e. The third-order valence-corrected chi connectivity index (χ3v) is 12.0. The zero-order valence-corrected chi connectivity index (χ0v) is 29.3. The molecule has 3 amide bonds. The number of likely N-dealkylation sites (tertiary alicyclic amines) is 1. The molecule has 260 valence electrons. The lowest BCUT2D eigenvalue weighted by Crippen LogP contribution is -2.57. The standard InChI is InChI=1S/C37H46N6O5S/c1-6-19-40(23-42-29-12-10-9-11-28(29)38-39-42)36(47)33-37-18-17-30(49-37)31(32(37)35(46)43(33)26(22-44)21-24(4)5)34(45)41(20-7-2)25-13-15-27(16-14-25)48-8-3/h6-7,9-16,24,26,30-33,44H,1-2,8,17-23H2,3-5H3/t26-,30-,31+,32+,33?,37?/m1/s1. The fourth-order valence-electron chi connectivity index (χ4n) is 8.12. The van der Waals surface area contributed by atoms with Crippen LogP contribution in [0.3, 0.4) is 0 Å². The van der Waals surface area contributed by atoms with E-state index in [0.717, 1.165) is 5.52 Å². The fraction of sp³-hybridized carbons (Fsp3) is 0.486. The number of carbonyl (C=O) groups excluding carboxylic acids is 3. The van der Waals surface area contributed by atoms with Crippen LogP contribution < -0.4 is 9.64 Å². The minimum Gasteiger partial charge on any atom is -0.494 e. The van der Waals surface area contributed by atoms with Crippen molar-refractivity contribution in [1.82, 2.24) is 24.8 Å². The van der Waals surface area contributed by atoms with E-state index in [4.69, 9.17) is 4.74 Å². The first-order valence-corrected chi connectivity index (χ1v) is 18.0. The van der Waals surface area contributed by atoms with E-state index in [0.29, 0.717) is 42.8 Å². The molecule has 0 saturated carbocycles. The van der Waals surface area contributed by atoms with Crippen molar-refractivity contribution in [2.75, 3.05) is 31.2 Å². The van der Waals surface area contributed by atoms with Crippen molar-refractivity contribution in [3.63, 3.8) is 0 Å². The molecular weight excluding hydrogens is 641 g/mol. The Morgan fingerprint density at radius 1 is 1.12 bits per heavy atom. The topological polar surface area (TPSA) is 121 Å². The van der Waals surface area contributed by atoms with E-state index < -0.39 is 28.7 Å². The number of anilines is 1. The van der Waals surface area contributed by atoms with E-state index >= 15 is 4.79 Å². The number of amides is 3. The summed E-state index contributed by atoms with van der Waals surface area (Å²) >= 11 is 1.62. The van der Waals surface area contributed by atoms with Crippen LogP contribution in [0.5, 0.6) is 5.75 Å². The fourth-order valence-corrected chi connectivity index (χ4v) is 10.3. The van der Waals surface area contributed by atoms with Gasteiger partial charge in [-0.3, -0.25) is 14.4 Å². The van der Waals surface area contributed by atoms with Gasteiger partial charge in [0, 0.05) is 24.0 Å². The van der Waals surface area contributed by atoms with E-state index in [1.165, 1.54) is 0 Å². The lowest BCUT2D eigenvalue weighted by molar-refractivity contribution is -0.146. The van der Waals surface area contributed by atoms with Crippen LogP contribution in [-0.2, 0) is 21.1 Å². The minimum absolute atomic E-state index is 0.111. The van der Waals surface area contributed by atoms with Crippen LogP contribution in [0.15, 0.2) is 73.8 Å². The highest BCUT2D eigenvalue weighted by atomic mass is 32.2. The molecule has 0 radical (unpaired) electrons. The van der Waals surface area contributed by atoms with Gasteiger partial charge in [0.2, 0.25) is 17.7 Å². The molecule has 2 bridgehead atoms. The number of ether oxygens (including phenoxy) is 1. The van der Waals surface area contributed by atoms with Gasteiger partial charge in [-0.05, 0) is 68.5 Å². The molecule has 3 saturated heterocycles. The second-order valence-corrected chi connectivity index (χ2v) is 15.1. The summed E-state index contributed by atoms with van der Waals surface area (Å²) in [5.41, 5.74) is 2.19. The number of thioether (sulfide) groups is 1. The quantitative estimate of drug-likeness (QED) is 0.232. The number of rotatable bonds is 15. The molecule has 1 N–H and O–H groups in total. The van der Waals surface area contributed by atoms with Crippen molar-refractivity contribution in [2.24, 2.45) is 17.8 Å². The molecule has 6 atom stereocenters. The van der Waals surface area contributed by atoms with E-state index in [1.54, 1.807) is 43.3 Å². The van der Waals surface area contributed by atoms with Gasteiger partial charge in [-0.25, -0.2) is 4.68 Å². The summed E-state index contributed by atoms with van der Waals surface area (Å²) in [6.07, 6.45) is 5.20. The van der Waals surface area contributed by atoms with Crippen molar-refractivity contribution in [2.45, 2.75) is 68.8 Å². The Morgan fingerprint density at radius 3 is 2.53 bits per heavy atom. The molecule has 49 heavy (non-hydrogen) atoms. The van der Waals surface area contributed by atoms with Crippen LogP contribution in [-0.4, -0.2) is 96.0 Å². The van der Waals surface area contributed by atoms with Gasteiger partial charge in [0.15, 0.2) is 0 Å². The minimum atomic E-state index is -0.873. The van der Waals surface area contributed by atoms with Gasteiger partial charge in [0.25, 0.3) is 0 Å². The Hall–Kier alpha value is -4.16. The van der Waals surface area contributed by atoms with Crippen LogP contribution >= 0.6 is 11.8 Å². The molecule has 3 aromatic rings. The van der Waals surface area contributed by atoms with Crippen molar-refractivity contribution in [3.8, 4) is 5.75 Å². The maximum atomic E-state index is 15.0. The zero-order valence-electron chi connectivity index (χ0n) is 28.5. The van der Waals surface area contributed by atoms with E-state index in [1.807, 2.05) is 69.3 Å². The summed E-state index contributed by atoms with van der Waals surface area (Å²) in [4.78, 5) is 49.5. The molecule has 11 nitrogen and oxygen atoms in total. The molecule has 1 spiro atoms. The average molecular weight is 687 g/mol. The van der Waals surface area contributed by atoms with Crippen LogP contribution in [0.25, 0.3) is 11.0 Å². The van der Waals surface area contributed by atoms with Crippen molar-refractivity contribution in [3.05, 3.63) is 73.8 Å². The number of fused-ring (bicyclic) bond motifs is 2. The largest absolute Gasteiger partial charge is 0.494 e. The maximum Gasteiger partial charge on any atom is 0.248 e. The van der Waals surface area contributed by atoms with Crippen molar-refractivity contribution >= 4 is 46.2 Å². The number of benzene rings is 2. The van der Waals surface area contributed by atoms with Crippen LogP contribution in [0.2, 0.25) is 0 Å². The highest BCUT2D eigenvalue weighted by Gasteiger charge is 2.74. The molecule has 2 unspecified atom stereocenters. The van der Waals surface area contributed by atoms with E-state index in [9.17, 15) is 14.7 Å². The summed E-state index contributed by atoms with van der Waals surface area (Å²) in [6, 6.07) is 13.5. The van der Waals surface area contributed by atoms with Crippen molar-refractivity contribution in [1.29, 1.82) is 0 Å². The molecule has 2 aromatic carbocycles. The SMILES string of the molecule is C=CCN(Cn1nnc2ccccc21)C(=O)C1N([C@@H](CO)CC(C)C)C(=O)[C@@H]2[C@@H](C(=O)N(CC=C)c3ccc(OCC)cc3)[C@H]3CCC12S3. The number of aromatic nitrogens is 3. The van der Waals surface area contributed by atoms with Gasteiger partial charge >= 0.3 is 0 Å². The summed E-state index contributed by atoms with van der Waals surface area (Å²) in [5.74, 6) is -1.12. The highest BCUT2D eigenvalue weighted by Crippen LogP contribution is 2.67. The Morgan fingerprint density at radius 2 is 1.86 bits per heavy atom. The summed E-state index contributed by atoms with van der Waals surface area (Å²) < 4.78 is 6.47. The van der Waals surface area contributed by atoms with Gasteiger partial charge in [0.05, 0.1) is 41.4 Å². The first kappa shape index (κ1) is 34.7. The monoisotopic (exact) mass is 686 g/mol. The van der Waals surface area contributed by atoms with E-state index in [-0.39, 0.29) is 55.3 Å². The van der Waals surface area contributed by atoms with Crippen LogP contribution in [0.1, 0.15) is 40.0 Å². The average Bonchev–Trinajstić information content (AvgIpc) is 3.85. The van der Waals surface area contributed by atoms with Gasteiger partial charge in [0.1, 0.15) is 24.0 Å². The van der Waals surface area contributed by atoms with Crippen molar-refractivity contribution < 1.29 is 24.2 Å². The Labute approximate surface area is 291 Å². The molecule has 3 aliphatic rings. The summed E-state index contributed by atoms with van der Waals surface area (Å²) in [7, 11) is 0. The predicted octanol–water partition coefficient (Wildman–Crippen LogP) is 4.52. The molecule has 4 heterocycles. The summed E-state index contributed by atoms with van der Waals surface area (Å²) in [5, 5.41) is 19.2. The van der Waals surface area contributed by atoms with Crippen LogP contribution in [0, 0.1) is 17.8 Å². The number of para-hydroxylation sites is 1. The molecule has 6 rings (SSSR count). The summed E-state index contributed by atoms with van der Waals surface area (Å²) in [6.45, 7) is 14.7. The normalized spacial score (nSPS) is 24.7. The van der Waals surface area contributed by atoms with E-state index in [2.05, 4.69) is 23.5 Å².